The Kier molecular flexibility index (Phi) is 5.50. The molecule has 0 bridgehead atoms. The summed E-state index contributed by atoms with van der Waals surface area (Å²) in [5.41, 5.74) is 0.0967. The van der Waals surface area contributed by atoms with Crippen LogP contribution in [0.4, 0.5) is 18.9 Å². The van der Waals surface area contributed by atoms with Gasteiger partial charge in [-0.1, -0.05) is 6.92 Å². The molecule has 2 aromatic heterocycles. The fraction of sp³-hybridized carbons (Fsp3) is 0.278. The van der Waals surface area contributed by atoms with Crippen LogP contribution in [0.15, 0.2) is 30.9 Å². The number of nitrogens with zero attached hydrogens (tertiary/aromatic N) is 4. The molecule has 1 amide bonds. The van der Waals surface area contributed by atoms with Crippen LogP contribution in [-0.4, -0.2) is 25.5 Å². The molecule has 148 valence electrons. The van der Waals surface area contributed by atoms with Crippen LogP contribution in [0.2, 0.25) is 0 Å². The minimum atomic E-state index is -4.61. The Labute approximate surface area is 172 Å². The van der Waals surface area contributed by atoms with Crippen molar-refractivity contribution in [2.45, 2.75) is 26.4 Å². The Hall–Kier alpha value is -2.37. The molecule has 0 aliphatic heterocycles. The number of carbonyl (C=O) groups is 1. The van der Waals surface area contributed by atoms with Gasteiger partial charge < -0.3 is 5.32 Å². The zero-order valence-corrected chi connectivity index (χ0v) is 17.5. The number of carbonyl (C=O) groups excluding carboxylic acids is 1. The summed E-state index contributed by atoms with van der Waals surface area (Å²) >= 11 is 1.98. The van der Waals surface area contributed by atoms with Crippen molar-refractivity contribution in [3.8, 4) is 16.8 Å². The third kappa shape index (κ3) is 3.91. The van der Waals surface area contributed by atoms with E-state index in [-0.39, 0.29) is 34.8 Å². The highest BCUT2D eigenvalue weighted by Gasteiger charge is 2.38. The summed E-state index contributed by atoms with van der Waals surface area (Å²) in [6, 6.07) is 1.31. The van der Waals surface area contributed by atoms with Crippen molar-refractivity contribution in [1.29, 1.82) is 0 Å². The molecular formula is C18H17F3IN5O. The Bertz CT molecular complexity index is 1040. The fourth-order valence-electron chi connectivity index (χ4n) is 3.03. The lowest BCUT2D eigenvalue weighted by Crippen LogP contribution is -2.17. The molecule has 2 heterocycles. The first-order valence-corrected chi connectivity index (χ1v) is 9.44. The van der Waals surface area contributed by atoms with Crippen LogP contribution in [0.25, 0.3) is 16.8 Å². The summed E-state index contributed by atoms with van der Waals surface area (Å²) < 4.78 is 45.4. The second kappa shape index (κ2) is 7.57. The van der Waals surface area contributed by atoms with E-state index in [1.807, 2.05) is 22.6 Å². The summed E-state index contributed by atoms with van der Waals surface area (Å²) in [6.45, 7) is 3.07. The van der Waals surface area contributed by atoms with E-state index in [9.17, 15) is 18.0 Å². The van der Waals surface area contributed by atoms with Crippen LogP contribution in [0.5, 0.6) is 0 Å². The first kappa shape index (κ1) is 20.4. The molecule has 6 nitrogen and oxygen atoms in total. The van der Waals surface area contributed by atoms with E-state index in [4.69, 9.17) is 0 Å². The highest BCUT2D eigenvalue weighted by molar-refractivity contribution is 14.1. The van der Waals surface area contributed by atoms with Crippen molar-refractivity contribution in [3.05, 3.63) is 45.6 Å². The van der Waals surface area contributed by atoms with Gasteiger partial charge in [-0.25, -0.2) is 4.68 Å². The van der Waals surface area contributed by atoms with Crippen molar-refractivity contribution < 1.29 is 18.0 Å². The van der Waals surface area contributed by atoms with Gasteiger partial charge in [0.25, 0.3) is 0 Å². The number of amides is 1. The molecular weight excluding hydrogens is 486 g/mol. The molecule has 10 heteroatoms. The Morgan fingerprint density at radius 3 is 2.46 bits per heavy atom. The third-order valence-electron chi connectivity index (χ3n) is 4.23. The second-order valence-electron chi connectivity index (χ2n) is 6.22. The normalized spacial score (nSPS) is 11.7. The molecule has 0 aliphatic rings. The van der Waals surface area contributed by atoms with Crippen LogP contribution < -0.4 is 5.32 Å². The maximum Gasteiger partial charge on any atom is 0.418 e. The summed E-state index contributed by atoms with van der Waals surface area (Å²) in [6.07, 6.45) is 1.64. The summed E-state index contributed by atoms with van der Waals surface area (Å²) in [5.74, 6) is -0.301. The van der Waals surface area contributed by atoms with E-state index in [0.29, 0.717) is 9.13 Å². The number of anilines is 1. The fourth-order valence-corrected chi connectivity index (χ4v) is 3.42. The predicted molar refractivity (Wildman–Crippen MR) is 107 cm³/mol. The van der Waals surface area contributed by atoms with Crippen molar-refractivity contribution in [3.63, 3.8) is 0 Å². The first-order chi connectivity index (χ1) is 13.1. The number of rotatable bonds is 4. The van der Waals surface area contributed by atoms with Crippen LogP contribution in [0.1, 0.15) is 24.5 Å². The lowest BCUT2D eigenvalue weighted by Gasteiger charge is -2.21. The lowest BCUT2D eigenvalue weighted by molar-refractivity contribution is -0.138. The van der Waals surface area contributed by atoms with Gasteiger partial charge in [0.2, 0.25) is 5.91 Å². The number of hydrogen-bond acceptors (Lipinski definition) is 3. The predicted octanol–water partition coefficient (Wildman–Crippen LogP) is 4.55. The third-order valence-corrected chi connectivity index (χ3v) is 4.78. The average Bonchev–Trinajstić information content (AvgIpc) is 3.21. The van der Waals surface area contributed by atoms with Crippen LogP contribution in [-0.2, 0) is 18.0 Å². The molecule has 0 saturated heterocycles. The standard InChI is InChI=1S/C18H17F3IN5O/c1-4-15(28)25-13-5-14(27-9-12(22)7-24-27)17(18(19,20)21)10(2)16(13)11-6-23-26(3)8-11/h5-9H,4H2,1-3H3,(H,25,28). The van der Waals surface area contributed by atoms with Gasteiger partial charge in [0.1, 0.15) is 0 Å². The lowest BCUT2D eigenvalue weighted by atomic mass is 9.94. The molecule has 1 N–H and O–H groups in total. The molecule has 1 aromatic carbocycles. The van der Waals surface area contributed by atoms with Gasteiger partial charge in [0.05, 0.1) is 32.9 Å². The van der Waals surface area contributed by atoms with Gasteiger partial charge >= 0.3 is 6.18 Å². The van der Waals surface area contributed by atoms with E-state index in [1.165, 1.54) is 40.9 Å². The molecule has 3 aromatic rings. The molecule has 28 heavy (non-hydrogen) atoms. The quantitative estimate of drug-likeness (QED) is 0.532. The Morgan fingerprint density at radius 2 is 1.96 bits per heavy atom. The van der Waals surface area contributed by atoms with Gasteiger partial charge in [0, 0.05) is 37.0 Å². The molecule has 0 atom stereocenters. The van der Waals surface area contributed by atoms with Crippen LogP contribution in [0.3, 0.4) is 0 Å². The second-order valence-corrected chi connectivity index (χ2v) is 7.47. The summed E-state index contributed by atoms with van der Waals surface area (Å²) in [5, 5.41) is 10.8. The maximum absolute atomic E-state index is 14.0. The zero-order chi connectivity index (χ0) is 20.6. The van der Waals surface area contributed by atoms with Gasteiger partial charge in [-0.15, -0.1) is 0 Å². The number of aromatic nitrogens is 4. The largest absolute Gasteiger partial charge is 0.418 e. The van der Waals surface area contributed by atoms with E-state index in [2.05, 4.69) is 15.5 Å². The molecule has 0 unspecified atom stereocenters. The van der Waals surface area contributed by atoms with E-state index >= 15 is 0 Å². The molecule has 0 saturated carbocycles. The number of aryl methyl sites for hydroxylation is 1. The Morgan fingerprint density at radius 1 is 1.25 bits per heavy atom. The van der Waals surface area contributed by atoms with Crippen LogP contribution in [0, 0.1) is 10.5 Å². The van der Waals surface area contributed by atoms with Gasteiger partial charge in [-0.3, -0.25) is 9.48 Å². The van der Waals surface area contributed by atoms with Gasteiger partial charge in [0.15, 0.2) is 0 Å². The number of hydrogen-bond donors (Lipinski definition) is 1. The molecule has 0 aliphatic carbocycles. The molecule has 3 rings (SSSR count). The number of benzene rings is 1. The minimum absolute atomic E-state index is 0.00471. The first-order valence-electron chi connectivity index (χ1n) is 8.36. The van der Waals surface area contributed by atoms with Crippen molar-refractivity contribution in [2.24, 2.45) is 7.05 Å². The number of alkyl halides is 3. The summed E-state index contributed by atoms with van der Waals surface area (Å²) in [4.78, 5) is 12.0. The Balaban J connectivity index is 2.36. The number of nitrogens with one attached hydrogen (secondary N) is 1. The van der Waals surface area contributed by atoms with Crippen molar-refractivity contribution >= 4 is 34.2 Å². The van der Waals surface area contributed by atoms with E-state index in [1.54, 1.807) is 20.2 Å². The average molecular weight is 503 g/mol. The van der Waals surface area contributed by atoms with Crippen molar-refractivity contribution in [2.75, 3.05) is 5.32 Å². The SMILES string of the molecule is CCC(=O)Nc1cc(-n2cc(I)cn2)c(C(F)(F)F)c(C)c1-c1cnn(C)c1. The smallest absolute Gasteiger partial charge is 0.325 e. The zero-order valence-electron chi connectivity index (χ0n) is 15.3. The van der Waals surface area contributed by atoms with Gasteiger partial charge in [-0.05, 0) is 41.1 Å². The topological polar surface area (TPSA) is 64.7 Å². The monoisotopic (exact) mass is 503 g/mol. The maximum atomic E-state index is 14.0. The molecule has 0 radical (unpaired) electrons. The highest BCUT2D eigenvalue weighted by Crippen LogP contribution is 2.44. The van der Waals surface area contributed by atoms with E-state index < -0.39 is 11.7 Å². The van der Waals surface area contributed by atoms with E-state index in [0.717, 1.165) is 0 Å². The minimum Gasteiger partial charge on any atom is -0.325 e. The number of halogens is 4. The highest BCUT2D eigenvalue weighted by atomic mass is 127. The van der Waals surface area contributed by atoms with Crippen LogP contribution >= 0.6 is 22.6 Å². The molecule has 0 spiro atoms. The summed E-state index contributed by atoms with van der Waals surface area (Å²) in [7, 11) is 1.67. The van der Waals surface area contributed by atoms with Gasteiger partial charge in [-0.2, -0.15) is 23.4 Å². The molecule has 0 fully saturated rings. The van der Waals surface area contributed by atoms with Crippen molar-refractivity contribution in [1.82, 2.24) is 19.6 Å².